The number of nitrogens with zero attached hydrogens (tertiary/aromatic N) is 2. The lowest BCUT2D eigenvalue weighted by Gasteiger charge is -2.24. The van der Waals surface area contributed by atoms with Crippen molar-refractivity contribution >= 4 is 11.7 Å². The standard InChI is InChI=1S/C12H16F3N3O/c1-3-7-18(4-2)11-8(10(16)19)5-6-9(17-11)12(13,14)15/h5-6H,3-4,7H2,1-2H3,(H2,16,19). The summed E-state index contributed by atoms with van der Waals surface area (Å²) in [5.41, 5.74) is 4.15. The number of alkyl halides is 3. The molecular weight excluding hydrogens is 259 g/mol. The van der Waals surface area contributed by atoms with Crippen LogP contribution in [0.5, 0.6) is 0 Å². The summed E-state index contributed by atoms with van der Waals surface area (Å²) in [4.78, 5) is 16.4. The Morgan fingerprint density at radius 2 is 2.00 bits per heavy atom. The van der Waals surface area contributed by atoms with E-state index < -0.39 is 17.8 Å². The van der Waals surface area contributed by atoms with Crippen molar-refractivity contribution in [2.45, 2.75) is 26.4 Å². The van der Waals surface area contributed by atoms with Gasteiger partial charge in [0, 0.05) is 13.1 Å². The van der Waals surface area contributed by atoms with Crippen molar-refractivity contribution in [3.05, 3.63) is 23.4 Å². The molecule has 1 aromatic heterocycles. The van der Waals surface area contributed by atoms with Gasteiger partial charge in [0.15, 0.2) is 0 Å². The van der Waals surface area contributed by atoms with Gasteiger partial charge in [-0.05, 0) is 25.5 Å². The van der Waals surface area contributed by atoms with Crippen molar-refractivity contribution in [3.63, 3.8) is 0 Å². The lowest BCUT2D eigenvalue weighted by Crippen LogP contribution is -2.29. The molecule has 0 radical (unpaired) electrons. The van der Waals surface area contributed by atoms with E-state index in [-0.39, 0.29) is 11.4 Å². The molecule has 1 rings (SSSR count). The van der Waals surface area contributed by atoms with E-state index in [4.69, 9.17) is 5.73 Å². The second kappa shape index (κ2) is 5.90. The number of halogens is 3. The van der Waals surface area contributed by atoms with Crippen molar-refractivity contribution in [1.29, 1.82) is 0 Å². The maximum atomic E-state index is 12.7. The summed E-state index contributed by atoms with van der Waals surface area (Å²) in [5, 5.41) is 0. The van der Waals surface area contributed by atoms with E-state index in [1.807, 2.05) is 6.92 Å². The molecule has 7 heteroatoms. The number of primary amides is 1. The summed E-state index contributed by atoms with van der Waals surface area (Å²) in [7, 11) is 0. The molecule has 106 valence electrons. The number of anilines is 1. The average Bonchev–Trinajstić information content (AvgIpc) is 2.34. The van der Waals surface area contributed by atoms with E-state index in [1.54, 1.807) is 11.8 Å². The highest BCUT2D eigenvalue weighted by molar-refractivity contribution is 5.97. The van der Waals surface area contributed by atoms with Crippen LogP contribution in [0.15, 0.2) is 12.1 Å². The molecule has 0 aliphatic heterocycles. The largest absolute Gasteiger partial charge is 0.433 e. The molecule has 19 heavy (non-hydrogen) atoms. The Kier molecular flexibility index (Phi) is 4.74. The highest BCUT2D eigenvalue weighted by Gasteiger charge is 2.34. The van der Waals surface area contributed by atoms with Gasteiger partial charge in [-0.2, -0.15) is 13.2 Å². The van der Waals surface area contributed by atoms with Gasteiger partial charge in [-0.25, -0.2) is 4.98 Å². The van der Waals surface area contributed by atoms with Crippen LogP contribution in [0.25, 0.3) is 0 Å². The van der Waals surface area contributed by atoms with Gasteiger partial charge < -0.3 is 10.6 Å². The molecule has 0 spiro atoms. The second-order valence-corrected chi connectivity index (χ2v) is 4.01. The fourth-order valence-electron chi connectivity index (χ4n) is 1.72. The zero-order valence-electron chi connectivity index (χ0n) is 10.8. The third-order valence-electron chi connectivity index (χ3n) is 2.61. The summed E-state index contributed by atoms with van der Waals surface area (Å²) < 4.78 is 38.0. The van der Waals surface area contributed by atoms with Crippen molar-refractivity contribution in [2.24, 2.45) is 5.73 Å². The van der Waals surface area contributed by atoms with Gasteiger partial charge in [0.2, 0.25) is 0 Å². The van der Waals surface area contributed by atoms with Crippen molar-refractivity contribution in [1.82, 2.24) is 4.98 Å². The highest BCUT2D eigenvalue weighted by Crippen LogP contribution is 2.30. The van der Waals surface area contributed by atoms with Crippen LogP contribution in [0.3, 0.4) is 0 Å². The van der Waals surface area contributed by atoms with Crippen LogP contribution < -0.4 is 10.6 Å². The summed E-state index contributed by atoms with van der Waals surface area (Å²) in [5.74, 6) is -0.794. The molecule has 0 aromatic carbocycles. The van der Waals surface area contributed by atoms with Crippen molar-refractivity contribution in [3.8, 4) is 0 Å². The van der Waals surface area contributed by atoms with Gasteiger partial charge in [0.1, 0.15) is 11.5 Å². The van der Waals surface area contributed by atoms with Crippen molar-refractivity contribution in [2.75, 3.05) is 18.0 Å². The fraction of sp³-hybridized carbons (Fsp3) is 0.500. The van der Waals surface area contributed by atoms with Gasteiger partial charge in [0.05, 0.1) is 5.56 Å². The number of hydrogen-bond donors (Lipinski definition) is 1. The minimum atomic E-state index is -4.55. The Labute approximate surface area is 109 Å². The zero-order valence-corrected chi connectivity index (χ0v) is 10.8. The molecule has 1 heterocycles. The number of nitrogens with two attached hydrogens (primary N) is 1. The molecular formula is C12H16F3N3O. The summed E-state index contributed by atoms with van der Waals surface area (Å²) in [6.45, 7) is 4.62. The van der Waals surface area contributed by atoms with Gasteiger partial charge in [-0.1, -0.05) is 6.92 Å². The van der Waals surface area contributed by atoms with Crippen LogP contribution in [0.2, 0.25) is 0 Å². The molecule has 0 unspecified atom stereocenters. The molecule has 0 fully saturated rings. The van der Waals surface area contributed by atoms with Gasteiger partial charge in [-0.15, -0.1) is 0 Å². The maximum Gasteiger partial charge on any atom is 0.433 e. The van der Waals surface area contributed by atoms with Crippen LogP contribution in [-0.2, 0) is 6.18 Å². The third kappa shape index (κ3) is 3.59. The minimum absolute atomic E-state index is 0.00306. The maximum absolute atomic E-state index is 12.7. The molecule has 2 N–H and O–H groups in total. The summed E-state index contributed by atoms with van der Waals surface area (Å²) in [6, 6.07) is 1.84. The molecule has 4 nitrogen and oxygen atoms in total. The van der Waals surface area contributed by atoms with Crippen molar-refractivity contribution < 1.29 is 18.0 Å². The monoisotopic (exact) mass is 275 g/mol. The Morgan fingerprint density at radius 1 is 1.37 bits per heavy atom. The zero-order chi connectivity index (χ0) is 14.6. The summed E-state index contributed by atoms with van der Waals surface area (Å²) in [6.07, 6.45) is -3.82. The van der Waals surface area contributed by atoms with Crippen LogP contribution in [0, 0.1) is 0 Å². The van der Waals surface area contributed by atoms with E-state index in [2.05, 4.69) is 4.98 Å². The number of aromatic nitrogens is 1. The molecule has 0 bridgehead atoms. The number of carbonyl (C=O) groups excluding carboxylic acids is 1. The molecule has 0 aliphatic rings. The highest BCUT2D eigenvalue weighted by atomic mass is 19.4. The number of hydrogen-bond acceptors (Lipinski definition) is 3. The first-order valence-electron chi connectivity index (χ1n) is 5.94. The smallest absolute Gasteiger partial charge is 0.365 e. The Hall–Kier alpha value is -1.79. The third-order valence-corrected chi connectivity index (χ3v) is 2.61. The quantitative estimate of drug-likeness (QED) is 0.897. The van der Waals surface area contributed by atoms with Gasteiger partial charge in [0.25, 0.3) is 5.91 Å². The SMILES string of the molecule is CCCN(CC)c1nc(C(F)(F)F)ccc1C(N)=O. The van der Waals surface area contributed by atoms with Crippen LogP contribution >= 0.6 is 0 Å². The molecule has 1 aromatic rings. The Balaban J connectivity index is 3.33. The Morgan fingerprint density at radius 3 is 2.42 bits per heavy atom. The molecule has 0 aliphatic carbocycles. The topological polar surface area (TPSA) is 59.2 Å². The second-order valence-electron chi connectivity index (χ2n) is 4.01. The molecule has 0 saturated heterocycles. The van der Waals surface area contributed by atoms with E-state index in [0.717, 1.165) is 18.6 Å². The molecule has 0 saturated carbocycles. The first-order chi connectivity index (χ1) is 8.81. The predicted octanol–water partition coefficient (Wildman–Crippen LogP) is 2.44. The number of amides is 1. The lowest BCUT2D eigenvalue weighted by atomic mass is 10.2. The van der Waals surface area contributed by atoms with E-state index in [0.29, 0.717) is 13.1 Å². The Bertz CT molecular complexity index is 460. The van der Waals surface area contributed by atoms with Crippen LogP contribution in [-0.4, -0.2) is 24.0 Å². The van der Waals surface area contributed by atoms with E-state index in [1.165, 1.54) is 0 Å². The summed E-state index contributed by atoms with van der Waals surface area (Å²) >= 11 is 0. The lowest BCUT2D eigenvalue weighted by molar-refractivity contribution is -0.141. The number of rotatable bonds is 5. The first kappa shape index (κ1) is 15.3. The van der Waals surface area contributed by atoms with E-state index in [9.17, 15) is 18.0 Å². The molecule has 0 atom stereocenters. The first-order valence-corrected chi connectivity index (χ1v) is 5.94. The normalized spacial score (nSPS) is 11.4. The van der Waals surface area contributed by atoms with Crippen LogP contribution in [0.4, 0.5) is 19.0 Å². The predicted molar refractivity (Wildman–Crippen MR) is 65.9 cm³/mol. The number of pyridine rings is 1. The van der Waals surface area contributed by atoms with Gasteiger partial charge in [-0.3, -0.25) is 4.79 Å². The molecule has 1 amide bonds. The minimum Gasteiger partial charge on any atom is -0.365 e. The van der Waals surface area contributed by atoms with Crippen LogP contribution in [0.1, 0.15) is 36.3 Å². The fourth-order valence-corrected chi connectivity index (χ4v) is 1.72. The average molecular weight is 275 g/mol. The van der Waals surface area contributed by atoms with Gasteiger partial charge >= 0.3 is 6.18 Å². The van der Waals surface area contributed by atoms with E-state index >= 15 is 0 Å². The number of carbonyl (C=O) groups is 1.